The van der Waals surface area contributed by atoms with Gasteiger partial charge in [0.15, 0.2) is 0 Å². The molecule has 1 amide bonds. The van der Waals surface area contributed by atoms with Crippen LogP contribution in [0.4, 0.5) is 0 Å². The SMILES string of the molecule is CCN(CC1CCCO1)C(=O)C1(N)C2CCCOC2C1(C)C. The van der Waals surface area contributed by atoms with Gasteiger partial charge in [-0.2, -0.15) is 0 Å². The summed E-state index contributed by atoms with van der Waals surface area (Å²) in [5.41, 5.74) is 5.61. The smallest absolute Gasteiger partial charge is 0.243 e. The molecule has 2 heterocycles. The number of nitrogens with two attached hydrogens (primary N) is 1. The van der Waals surface area contributed by atoms with Gasteiger partial charge in [-0.3, -0.25) is 4.79 Å². The van der Waals surface area contributed by atoms with Gasteiger partial charge in [-0.1, -0.05) is 13.8 Å². The molecule has 5 heteroatoms. The summed E-state index contributed by atoms with van der Waals surface area (Å²) in [7, 11) is 0. The summed E-state index contributed by atoms with van der Waals surface area (Å²) in [6.45, 7) is 9.15. The van der Waals surface area contributed by atoms with Crippen LogP contribution in [0.2, 0.25) is 0 Å². The molecule has 2 N–H and O–H groups in total. The number of carbonyl (C=O) groups excluding carboxylic acids is 1. The van der Waals surface area contributed by atoms with E-state index in [1.54, 1.807) is 0 Å². The number of rotatable bonds is 4. The highest BCUT2D eigenvalue weighted by Gasteiger charge is 2.70. The minimum atomic E-state index is -0.799. The molecule has 0 aromatic carbocycles. The number of carbonyl (C=O) groups is 1. The minimum Gasteiger partial charge on any atom is -0.377 e. The van der Waals surface area contributed by atoms with Crippen LogP contribution < -0.4 is 5.73 Å². The van der Waals surface area contributed by atoms with E-state index in [-0.39, 0.29) is 29.4 Å². The molecule has 1 aliphatic carbocycles. The van der Waals surface area contributed by atoms with E-state index in [0.717, 1.165) is 38.9 Å². The van der Waals surface area contributed by atoms with E-state index in [0.29, 0.717) is 13.1 Å². The molecule has 0 bridgehead atoms. The van der Waals surface area contributed by atoms with E-state index in [2.05, 4.69) is 13.8 Å². The second kappa shape index (κ2) is 5.77. The molecule has 2 saturated heterocycles. The maximum absolute atomic E-state index is 13.2. The molecule has 3 fully saturated rings. The number of fused-ring (bicyclic) bond motifs is 1. The summed E-state index contributed by atoms with van der Waals surface area (Å²) in [5, 5.41) is 0. The summed E-state index contributed by atoms with van der Waals surface area (Å²) in [4.78, 5) is 15.1. The van der Waals surface area contributed by atoms with Crippen molar-refractivity contribution in [2.24, 2.45) is 17.1 Å². The molecule has 2 aliphatic heterocycles. The lowest BCUT2D eigenvalue weighted by Crippen LogP contribution is -2.82. The Morgan fingerprint density at radius 3 is 2.55 bits per heavy atom. The number of hydrogen-bond donors (Lipinski definition) is 1. The molecular formula is C17H30N2O3. The van der Waals surface area contributed by atoms with E-state index in [4.69, 9.17) is 15.2 Å². The highest BCUT2D eigenvalue weighted by Crippen LogP contribution is 2.57. The number of nitrogens with zero attached hydrogens (tertiary/aromatic N) is 1. The second-order valence-corrected chi connectivity index (χ2v) is 7.61. The lowest BCUT2D eigenvalue weighted by atomic mass is 9.46. The summed E-state index contributed by atoms with van der Waals surface area (Å²) in [6, 6.07) is 0. The standard InChI is InChI=1S/C17H30N2O3/c1-4-19(11-12-7-5-9-21-12)15(20)17(18)13-8-6-10-22-14(13)16(17,2)3/h12-14H,4-11,18H2,1-3H3. The van der Waals surface area contributed by atoms with Crippen LogP contribution in [-0.4, -0.2) is 54.9 Å². The molecule has 4 unspecified atom stereocenters. The first kappa shape index (κ1) is 16.2. The zero-order valence-electron chi connectivity index (χ0n) is 14.1. The van der Waals surface area contributed by atoms with Crippen molar-refractivity contribution in [3.05, 3.63) is 0 Å². The van der Waals surface area contributed by atoms with E-state index in [9.17, 15) is 4.79 Å². The molecule has 3 rings (SSSR count). The van der Waals surface area contributed by atoms with Crippen molar-refractivity contribution in [3.8, 4) is 0 Å². The van der Waals surface area contributed by atoms with Gasteiger partial charge in [0.1, 0.15) is 5.54 Å². The first-order chi connectivity index (χ1) is 10.4. The zero-order valence-corrected chi connectivity index (χ0v) is 14.1. The van der Waals surface area contributed by atoms with Crippen LogP contribution in [-0.2, 0) is 14.3 Å². The van der Waals surface area contributed by atoms with Crippen LogP contribution in [0.5, 0.6) is 0 Å². The molecule has 1 saturated carbocycles. The second-order valence-electron chi connectivity index (χ2n) is 7.61. The Balaban J connectivity index is 1.76. The van der Waals surface area contributed by atoms with Gasteiger partial charge in [-0.25, -0.2) is 0 Å². The molecule has 126 valence electrons. The fourth-order valence-electron chi connectivity index (χ4n) is 4.66. The van der Waals surface area contributed by atoms with Crippen molar-refractivity contribution in [1.82, 2.24) is 4.90 Å². The van der Waals surface area contributed by atoms with Gasteiger partial charge in [0.05, 0.1) is 12.2 Å². The Morgan fingerprint density at radius 1 is 1.23 bits per heavy atom. The third-order valence-electron chi connectivity index (χ3n) is 6.16. The van der Waals surface area contributed by atoms with Crippen molar-refractivity contribution < 1.29 is 14.3 Å². The van der Waals surface area contributed by atoms with E-state index in [1.165, 1.54) is 0 Å². The zero-order chi connectivity index (χ0) is 16.0. The first-order valence-corrected chi connectivity index (χ1v) is 8.74. The summed E-state index contributed by atoms with van der Waals surface area (Å²) < 4.78 is 11.6. The Kier molecular flexibility index (Phi) is 4.25. The summed E-state index contributed by atoms with van der Waals surface area (Å²) in [6.07, 6.45) is 4.43. The maximum atomic E-state index is 13.2. The lowest BCUT2D eigenvalue weighted by molar-refractivity contribution is -0.230. The molecule has 0 spiro atoms. The predicted molar refractivity (Wildman–Crippen MR) is 84.4 cm³/mol. The molecule has 0 radical (unpaired) electrons. The van der Waals surface area contributed by atoms with Crippen LogP contribution >= 0.6 is 0 Å². The number of likely N-dealkylation sites (N-methyl/N-ethyl adjacent to an activating group) is 1. The monoisotopic (exact) mass is 310 g/mol. The summed E-state index contributed by atoms with van der Waals surface area (Å²) >= 11 is 0. The van der Waals surface area contributed by atoms with E-state index >= 15 is 0 Å². The fourth-order valence-corrected chi connectivity index (χ4v) is 4.66. The van der Waals surface area contributed by atoms with Gasteiger partial charge in [0.25, 0.3) is 0 Å². The number of ether oxygens (including phenoxy) is 2. The summed E-state index contributed by atoms with van der Waals surface area (Å²) in [5.74, 6) is 0.240. The molecule has 22 heavy (non-hydrogen) atoms. The van der Waals surface area contributed by atoms with Gasteiger partial charge < -0.3 is 20.1 Å². The van der Waals surface area contributed by atoms with Crippen LogP contribution in [0.25, 0.3) is 0 Å². The Labute approximate surface area is 133 Å². The number of amides is 1. The Hall–Kier alpha value is -0.650. The quantitative estimate of drug-likeness (QED) is 0.855. The van der Waals surface area contributed by atoms with Crippen LogP contribution in [0.15, 0.2) is 0 Å². The van der Waals surface area contributed by atoms with Gasteiger partial charge in [-0.05, 0) is 32.6 Å². The third-order valence-corrected chi connectivity index (χ3v) is 6.16. The third kappa shape index (κ3) is 2.21. The molecule has 5 nitrogen and oxygen atoms in total. The van der Waals surface area contributed by atoms with E-state index in [1.807, 2.05) is 11.8 Å². The van der Waals surface area contributed by atoms with Crippen LogP contribution in [0.1, 0.15) is 46.5 Å². The topological polar surface area (TPSA) is 64.8 Å². The largest absolute Gasteiger partial charge is 0.377 e. The molecule has 3 aliphatic rings. The highest BCUT2D eigenvalue weighted by atomic mass is 16.5. The Morgan fingerprint density at radius 2 is 1.91 bits per heavy atom. The number of hydrogen-bond acceptors (Lipinski definition) is 4. The van der Waals surface area contributed by atoms with Crippen molar-refractivity contribution in [2.75, 3.05) is 26.3 Å². The fraction of sp³-hybridized carbons (Fsp3) is 0.941. The van der Waals surface area contributed by atoms with Crippen LogP contribution in [0, 0.1) is 11.3 Å². The predicted octanol–water partition coefficient (Wildman–Crippen LogP) is 1.55. The molecular weight excluding hydrogens is 280 g/mol. The van der Waals surface area contributed by atoms with Crippen LogP contribution in [0.3, 0.4) is 0 Å². The van der Waals surface area contributed by atoms with E-state index < -0.39 is 5.54 Å². The normalized spacial score (nSPS) is 39.9. The highest BCUT2D eigenvalue weighted by molar-refractivity contribution is 5.89. The van der Waals surface area contributed by atoms with Crippen molar-refractivity contribution in [1.29, 1.82) is 0 Å². The van der Waals surface area contributed by atoms with Gasteiger partial charge in [0, 0.05) is 37.6 Å². The van der Waals surface area contributed by atoms with Gasteiger partial charge >= 0.3 is 0 Å². The van der Waals surface area contributed by atoms with Gasteiger partial charge in [-0.15, -0.1) is 0 Å². The van der Waals surface area contributed by atoms with Crippen molar-refractivity contribution in [2.45, 2.75) is 64.2 Å². The average molecular weight is 310 g/mol. The van der Waals surface area contributed by atoms with Crippen molar-refractivity contribution >= 4 is 5.91 Å². The molecule has 4 atom stereocenters. The van der Waals surface area contributed by atoms with Gasteiger partial charge in [0.2, 0.25) is 5.91 Å². The molecule has 0 aromatic rings. The maximum Gasteiger partial charge on any atom is 0.243 e. The molecule has 0 aromatic heterocycles. The average Bonchev–Trinajstić information content (AvgIpc) is 3.04. The lowest BCUT2D eigenvalue weighted by Gasteiger charge is -2.65. The van der Waals surface area contributed by atoms with Crippen molar-refractivity contribution in [3.63, 3.8) is 0 Å². The Bertz CT molecular complexity index is 434. The first-order valence-electron chi connectivity index (χ1n) is 8.74. The minimum absolute atomic E-state index is 0.0854.